The number of halogens is 1. The molecular weight excluding hydrogens is 338 g/mol. The quantitative estimate of drug-likeness (QED) is 0.787. The zero-order valence-electron chi connectivity index (χ0n) is 13.0. The van der Waals surface area contributed by atoms with Gasteiger partial charge in [0.1, 0.15) is 0 Å². The maximum atomic E-state index is 12.5. The molecule has 1 aromatic carbocycles. The van der Waals surface area contributed by atoms with E-state index in [9.17, 15) is 13.2 Å². The largest absolute Gasteiger partial charge is 0.355 e. The Morgan fingerprint density at radius 2 is 1.74 bits per heavy atom. The summed E-state index contributed by atoms with van der Waals surface area (Å²) < 4.78 is 26.5. The number of amides is 1. The molecule has 0 bridgehead atoms. The lowest BCUT2D eigenvalue weighted by Crippen LogP contribution is -2.35. The third kappa shape index (κ3) is 5.46. The second-order valence-electron chi connectivity index (χ2n) is 5.42. The van der Waals surface area contributed by atoms with Crippen molar-refractivity contribution in [2.75, 3.05) is 26.2 Å². The molecule has 0 spiro atoms. The Morgan fingerprint density at radius 1 is 1.13 bits per heavy atom. The second kappa shape index (κ2) is 9.22. The Bertz CT molecular complexity index is 599. The van der Waals surface area contributed by atoms with Crippen molar-refractivity contribution in [2.45, 2.75) is 30.6 Å². The highest BCUT2D eigenvalue weighted by molar-refractivity contribution is 7.89. The Kier molecular flexibility index (Phi) is 7.98. The summed E-state index contributed by atoms with van der Waals surface area (Å²) in [6, 6.07) is 6.54. The first-order valence-electron chi connectivity index (χ1n) is 7.60. The highest BCUT2D eigenvalue weighted by Crippen LogP contribution is 2.20. The molecule has 1 aliphatic rings. The number of carbonyl (C=O) groups is 1. The summed E-state index contributed by atoms with van der Waals surface area (Å²) in [4.78, 5) is 11.9. The minimum absolute atomic E-state index is 0. The Labute approximate surface area is 143 Å². The van der Waals surface area contributed by atoms with E-state index in [2.05, 4.69) is 5.32 Å². The number of sulfonamides is 1. The number of hydrogen-bond donors (Lipinski definition) is 2. The van der Waals surface area contributed by atoms with Gasteiger partial charge in [-0.05, 0) is 30.5 Å². The highest BCUT2D eigenvalue weighted by Gasteiger charge is 2.25. The van der Waals surface area contributed by atoms with Gasteiger partial charge >= 0.3 is 0 Å². The van der Waals surface area contributed by atoms with Crippen LogP contribution in [0.1, 0.15) is 24.8 Å². The third-order valence-electron chi connectivity index (χ3n) is 3.71. The molecule has 1 saturated heterocycles. The summed E-state index contributed by atoms with van der Waals surface area (Å²) in [6.07, 6.45) is 3.14. The van der Waals surface area contributed by atoms with Crippen LogP contribution in [0.15, 0.2) is 29.2 Å². The standard InChI is InChI=1S/C15H23N3O3S.ClH/c16-8-9-17-15(19)12-13-4-6-14(7-5-13)22(20,21)18-10-2-1-3-11-18;/h4-7H,1-3,8-12,16H2,(H,17,19);1H. The molecule has 23 heavy (non-hydrogen) atoms. The van der Waals surface area contributed by atoms with Crippen molar-refractivity contribution in [3.05, 3.63) is 29.8 Å². The molecular formula is C15H24ClN3O3S. The van der Waals surface area contributed by atoms with E-state index in [0.29, 0.717) is 31.1 Å². The maximum absolute atomic E-state index is 12.5. The fourth-order valence-corrected chi connectivity index (χ4v) is 4.01. The van der Waals surface area contributed by atoms with Gasteiger partial charge in [0.05, 0.1) is 11.3 Å². The first kappa shape index (κ1) is 19.9. The van der Waals surface area contributed by atoms with Crippen LogP contribution in [0, 0.1) is 0 Å². The molecule has 0 unspecified atom stereocenters. The normalized spacial score (nSPS) is 15.7. The molecule has 1 aliphatic heterocycles. The van der Waals surface area contributed by atoms with Gasteiger partial charge in [-0.1, -0.05) is 18.6 Å². The monoisotopic (exact) mass is 361 g/mol. The number of nitrogens with zero attached hydrogens (tertiary/aromatic N) is 1. The summed E-state index contributed by atoms with van der Waals surface area (Å²) in [5.41, 5.74) is 6.11. The van der Waals surface area contributed by atoms with E-state index in [1.54, 1.807) is 28.6 Å². The van der Waals surface area contributed by atoms with E-state index in [0.717, 1.165) is 24.8 Å². The fourth-order valence-electron chi connectivity index (χ4n) is 2.49. The van der Waals surface area contributed by atoms with Crippen LogP contribution >= 0.6 is 12.4 Å². The van der Waals surface area contributed by atoms with Crippen LogP contribution in [0.25, 0.3) is 0 Å². The molecule has 3 N–H and O–H groups in total. The molecule has 1 fully saturated rings. The summed E-state index contributed by atoms with van der Waals surface area (Å²) in [5.74, 6) is -0.114. The number of nitrogens with one attached hydrogen (secondary N) is 1. The molecule has 6 nitrogen and oxygen atoms in total. The number of benzene rings is 1. The molecule has 0 radical (unpaired) electrons. The number of rotatable bonds is 6. The number of hydrogen-bond acceptors (Lipinski definition) is 4. The maximum Gasteiger partial charge on any atom is 0.243 e. The topological polar surface area (TPSA) is 92.5 Å². The Morgan fingerprint density at radius 3 is 2.30 bits per heavy atom. The average molecular weight is 362 g/mol. The van der Waals surface area contributed by atoms with Crippen LogP contribution in [0.2, 0.25) is 0 Å². The van der Waals surface area contributed by atoms with Crippen LogP contribution in [-0.2, 0) is 21.2 Å². The Balaban J connectivity index is 0.00000264. The first-order chi connectivity index (χ1) is 10.5. The molecule has 1 amide bonds. The zero-order valence-corrected chi connectivity index (χ0v) is 14.7. The van der Waals surface area contributed by atoms with Gasteiger partial charge in [-0.2, -0.15) is 4.31 Å². The average Bonchev–Trinajstić information content (AvgIpc) is 2.54. The van der Waals surface area contributed by atoms with Gasteiger partial charge in [0.2, 0.25) is 15.9 Å². The number of nitrogens with two attached hydrogens (primary N) is 1. The number of piperidine rings is 1. The van der Waals surface area contributed by atoms with Gasteiger partial charge in [-0.3, -0.25) is 4.79 Å². The van der Waals surface area contributed by atoms with E-state index in [1.165, 1.54) is 0 Å². The Hall–Kier alpha value is -1.15. The molecule has 0 atom stereocenters. The van der Waals surface area contributed by atoms with Crippen molar-refractivity contribution in [3.8, 4) is 0 Å². The molecule has 0 saturated carbocycles. The van der Waals surface area contributed by atoms with E-state index >= 15 is 0 Å². The van der Waals surface area contributed by atoms with Crippen molar-refractivity contribution in [1.29, 1.82) is 0 Å². The van der Waals surface area contributed by atoms with Crippen molar-refractivity contribution in [2.24, 2.45) is 5.73 Å². The van der Waals surface area contributed by atoms with Gasteiger partial charge in [0.25, 0.3) is 0 Å². The smallest absolute Gasteiger partial charge is 0.243 e. The van der Waals surface area contributed by atoms with Crippen LogP contribution in [0.5, 0.6) is 0 Å². The van der Waals surface area contributed by atoms with Crippen LogP contribution < -0.4 is 11.1 Å². The van der Waals surface area contributed by atoms with E-state index in [4.69, 9.17) is 5.73 Å². The SMILES string of the molecule is Cl.NCCNC(=O)Cc1ccc(S(=O)(=O)N2CCCCC2)cc1. The highest BCUT2D eigenvalue weighted by atomic mass is 35.5. The number of carbonyl (C=O) groups excluding carboxylic acids is 1. The minimum Gasteiger partial charge on any atom is -0.355 e. The van der Waals surface area contributed by atoms with Gasteiger partial charge in [-0.25, -0.2) is 8.42 Å². The molecule has 8 heteroatoms. The fraction of sp³-hybridized carbons (Fsp3) is 0.533. The predicted molar refractivity (Wildman–Crippen MR) is 92.1 cm³/mol. The molecule has 130 valence electrons. The van der Waals surface area contributed by atoms with Crippen molar-refractivity contribution < 1.29 is 13.2 Å². The minimum atomic E-state index is -3.41. The van der Waals surface area contributed by atoms with Gasteiger partial charge in [0, 0.05) is 26.2 Å². The second-order valence-corrected chi connectivity index (χ2v) is 7.36. The molecule has 1 heterocycles. The molecule has 1 aromatic rings. The molecule has 2 rings (SSSR count). The van der Waals surface area contributed by atoms with E-state index in [-0.39, 0.29) is 24.7 Å². The van der Waals surface area contributed by atoms with Gasteiger partial charge < -0.3 is 11.1 Å². The van der Waals surface area contributed by atoms with E-state index < -0.39 is 10.0 Å². The van der Waals surface area contributed by atoms with Crippen molar-refractivity contribution >= 4 is 28.3 Å². The van der Waals surface area contributed by atoms with Crippen LogP contribution in [0.3, 0.4) is 0 Å². The predicted octanol–water partition coefficient (Wildman–Crippen LogP) is 0.900. The zero-order chi connectivity index (χ0) is 16.0. The molecule has 0 aliphatic carbocycles. The summed E-state index contributed by atoms with van der Waals surface area (Å²) in [6.45, 7) is 2.02. The van der Waals surface area contributed by atoms with Crippen LogP contribution in [-0.4, -0.2) is 44.8 Å². The first-order valence-corrected chi connectivity index (χ1v) is 9.04. The van der Waals surface area contributed by atoms with E-state index in [1.807, 2.05) is 0 Å². The summed E-state index contributed by atoms with van der Waals surface area (Å²) >= 11 is 0. The summed E-state index contributed by atoms with van der Waals surface area (Å²) in [5, 5.41) is 2.69. The van der Waals surface area contributed by atoms with Gasteiger partial charge in [-0.15, -0.1) is 12.4 Å². The van der Waals surface area contributed by atoms with Crippen molar-refractivity contribution in [3.63, 3.8) is 0 Å². The van der Waals surface area contributed by atoms with Crippen LogP contribution in [0.4, 0.5) is 0 Å². The lowest BCUT2D eigenvalue weighted by Gasteiger charge is -2.25. The third-order valence-corrected chi connectivity index (χ3v) is 5.62. The lowest BCUT2D eigenvalue weighted by atomic mass is 10.1. The summed E-state index contributed by atoms with van der Waals surface area (Å²) in [7, 11) is -3.41. The van der Waals surface area contributed by atoms with Gasteiger partial charge in [0.15, 0.2) is 0 Å². The lowest BCUT2D eigenvalue weighted by molar-refractivity contribution is -0.120. The molecule has 0 aromatic heterocycles. The van der Waals surface area contributed by atoms with Crippen molar-refractivity contribution in [1.82, 2.24) is 9.62 Å².